The Morgan fingerprint density at radius 3 is 2.24 bits per heavy atom. The van der Waals surface area contributed by atoms with E-state index in [1.165, 1.54) is 40.6 Å². The summed E-state index contributed by atoms with van der Waals surface area (Å²) in [4.78, 5) is 4.46. The molecule has 0 atom stereocenters. The SMILES string of the molecule is Cc1cc(CCC(C)C)c(-c2cnn(-c3[c-]c(Oc4[c-]c5c(cc4)c4ccccc4n5-c4cc(F)ccn4)ccc3)c2)c(CCC(C)C)c1.[Pt+2]. The van der Waals surface area contributed by atoms with Gasteiger partial charge in [0.05, 0.1) is 6.20 Å². The van der Waals surface area contributed by atoms with Crippen molar-refractivity contribution in [3.63, 3.8) is 0 Å². The molecule has 0 aliphatic rings. The molecule has 0 spiro atoms. The first-order valence-electron chi connectivity index (χ1n) is 17.2. The van der Waals surface area contributed by atoms with Gasteiger partial charge in [-0.15, -0.1) is 35.7 Å². The summed E-state index contributed by atoms with van der Waals surface area (Å²) >= 11 is 0. The van der Waals surface area contributed by atoms with Gasteiger partial charge in [-0.2, -0.15) is 17.2 Å². The summed E-state index contributed by atoms with van der Waals surface area (Å²) in [6.07, 6.45) is 9.93. The van der Waals surface area contributed by atoms with Crippen LogP contribution in [0.25, 0.3) is 44.4 Å². The molecule has 256 valence electrons. The Kier molecular flexibility index (Phi) is 10.7. The van der Waals surface area contributed by atoms with Gasteiger partial charge in [0, 0.05) is 41.0 Å². The minimum absolute atomic E-state index is 0. The first kappa shape index (κ1) is 35.3. The Hall–Kier alpha value is -4.54. The number of ether oxygens (including phenoxy) is 1. The third-order valence-corrected chi connectivity index (χ3v) is 9.01. The standard InChI is InChI=1S/C43H41FN4O.Pt/c1-28(2)13-15-31-21-30(5)22-32(16-14-29(3)4)43(31)33-26-46-47(27-33)35-9-8-10-36(24-35)49-37-17-18-39-38-11-6-7-12-40(38)48(41(39)25-37)42-23-34(44)19-20-45-42;/h6-12,17-23,26-29H,13-16H2,1-5H3;/q-2;+2. The fourth-order valence-corrected chi connectivity index (χ4v) is 6.61. The average Bonchev–Trinajstić information content (AvgIpc) is 3.69. The number of hydrogen-bond donors (Lipinski definition) is 0. The Bertz CT molecular complexity index is 2230. The second kappa shape index (κ2) is 15.1. The Morgan fingerprint density at radius 1 is 0.800 bits per heavy atom. The van der Waals surface area contributed by atoms with Crippen molar-refractivity contribution in [3.8, 4) is 34.1 Å². The van der Waals surface area contributed by atoms with Gasteiger partial charge in [-0.3, -0.25) is 4.68 Å². The third kappa shape index (κ3) is 7.46. The Labute approximate surface area is 308 Å². The molecule has 7 aromatic rings. The maximum Gasteiger partial charge on any atom is 2.00 e. The van der Waals surface area contributed by atoms with Crippen LogP contribution in [0.3, 0.4) is 0 Å². The quantitative estimate of drug-likeness (QED) is 0.122. The van der Waals surface area contributed by atoms with Gasteiger partial charge in [-0.1, -0.05) is 69.1 Å². The second-order valence-electron chi connectivity index (χ2n) is 13.8. The number of halogens is 1. The molecule has 7 rings (SSSR count). The van der Waals surface area contributed by atoms with Crippen LogP contribution in [0.5, 0.6) is 11.5 Å². The van der Waals surface area contributed by atoms with Crippen molar-refractivity contribution in [2.75, 3.05) is 0 Å². The largest absolute Gasteiger partial charge is 2.00 e. The molecule has 0 aliphatic carbocycles. The fraction of sp³-hybridized carbons (Fsp3) is 0.256. The molecule has 4 aromatic carbocycles. The number of fused-ring (bicyclic) bond motifs is 3. The molecule has 0 radical (unpaired) electrons. The summed E-state index contributed by atoms with van der Waals surface area (Å²) in [5, 5.41) is 6.81. The van der Waals surface area contributed by atoms with E-state index in [0.29, 0.717) is 29.2 Å². The maximum absolute atomic E-state index is 14.3. The number of benzene rings is 4. The molecule has 50 heavy (non-hydrogen) atoms. The molecule has 3 aromatic heterocycles. The summed E-state index contributed by atoms with van der Waals surface area (Å²) in [6.45, 7) is 11.4. The van der Waals surface area contributed by atoms with Gasteiger partial charge >= 0.3 is 21.1 Å². The number of aryl methyl sites for hydroxylation is 3. The first-order valence-corrected chi connectivity index (χ1v) is 17.2. The van der Waals surface area contributed by atoms with E-state index in [2.05, 4.69) is 76.1 Å². The molecule has 7 heteroatoms. The van der Waals surface area contributed by atoms with Crippen LogP contribution in [0.1, 0.15) is 57.2 Å². The molecular weight excluding hydrogens is 803 g/mol. The normalized spacial score (nSPS) is 11.5. The number of para-hydroxylation sites is 1. The van der Waals surface area contributed by atoms with E-state index in [4.69, 9.17) is 9.84 Å². The van der Waals surface area contributed by atoms with Gasteiger partial charge in [0.25, 0.3) is 0 Å². The third-order valence-electron chi connectivity index (χ3n) is 9.01. The summed E-state index contributed by atoms with van der Waals surface area (Å²) in [5.41, 5.74) is 8.99. The number of hydrogen-bond acceptors (Lipinski definition) is 3. The molecule has 0 saturated heterocycles. The van der Waals surface area contributed by atoms with Gasteiger partial charge in [0.2, 0.25) is 0 Å². The van der Waals surface area contributed by atoms with Gasteiger partial charge in [0.1, 0.15) is 11.6 Å². The van der Waals surface area contributed by atoms with E-state index in [9.17, 15) is 4.39 Å². The molecule has 0 fully saturated rings. The van der Waals surface area contributed by atoms with Crippen molar-refractivity contribution in [2.24, 2.45) is 11.8 Å². The minimum Gasteiger partial charge on any atom is -0.509 e. The van der Waals surface area contributed by atoms with Crippen LogP contribution >= 0.6 is 0 Å². The number of nitrogens with zero attached hydrogens (tertiary/aromatic N) is 4. The van der Waals surface area contributed by atoms with E-state index in [1.54, 1.807) is 0 Å². The number of rotatable bonds is 11. The van der Waals surface area contributed by atoms with E-state index >= 15 is 0 Å². The second-order valence-corrected chi connectivity index (χ2v) is 13.8. The van der Waals surface area contributed by atoms with Crippen LogP contribution in [0.2, 0.25) is 0 Å². The number of aromatic nitrogens is 4. The van der Waals surface area contributed by atoms with Crippen LogP contribution in [0.4, 0.5) is 4.39 Å². The van der Waals surface area contributed by atoms with Crippen molar-refractivity contribution in [1.29, 1.82) is 0 Å². The van der Waals surface area contributed by atoms with Crippen molar-refractivity contribution in [3.05, 3.63) is 132 Å². The first-order chi connectivity index (χ1) is 23.7. The molecular formula is C43H41FN4OPt. The predicted octanol–water partition coefficient (Wildman–Crippen LogP) is 11.0. The zero-order chi connectivity index (χ0) is 34.1. The number of pyridine rings is 1. The zero-order valence-electron chi connectivity index (χ0n) is 29.1. The van der Waals surface area contributed by atoms with Gasteiger partial charge in [0.15, 0.2) is 0 Å². The topological polar surface area (TPSA) is 44.9 Å². The van der Waals surface area contributed by atoms with Gasteiger partial charge < -0.3 is 9.30 Å². The molecule has 0 saturated carbocycles. The minimum atomic E-state index is -0.350. The van der Waals surface area contributed by atoms with Crippen molar-refractivity contribution in [2.45, 2.75) is 60.3 Å². The average molecular weight is 844 g/mol. The zero-order valence-corrected chi connectivity index (χ0v) is 31.4. The van der Waals surface area contributed by atoms with E-state index in [1.807, 2.05) is 64.0 Å². The summed E-state index contributed by atoms with van der Waals surface area (Å²) in [5.74, 6) is 2.46. The molecule has 0 aliphatic heterocycles. The maximum atomic E-state index is 14.3. The fourth-order valence-electron chi connectivity index (χ4n) is 6.61. The van der Waals surface area contributed by atoms with E-state index < -0.39 is 0 Å². The molecule has 0 unspecified atom stereocenters. The van der Waals surface area contributed by atoms with Gasteiger partial charge in [-0.05, 0) is 84.3 Å². The Morgan fingerprint density at radius 2 is 1.52 bits per heavy atom. The van der Waals surface area contributed by atoms with E-state index in [0.717, 1.165) is 58.7 Å². The molecule has 5 nitrogen and oxygen atoms in total. The molecule has 0 bridgehead atoms. The van der Waals surface area contributed by atoms with E-state index in [-0.39, 0.29) is 26.9 Å². The van der Waals surface area contributed by atoms with Crippen LogP contribution < -0.4 is 4.74 Å². The van der Waals surface area contributed by atoms with Crippen molar-refractivity contribution < 1.29 is 30.2 Å². The van der Waals surface area contributed by atoms with Crippen LogP contribution in [-0.4, -0.2) is 19.3 Å². The summed E-state index contributed by atoms with van der Waals surface area (Å²) in [7, 11) is 0. The predicted molar refractivity (Wildman–Crippen MR) is 196 cm³/mol. The smallest absolute Gasteiger partial charge is 0.509 e. The molecule has 0 amide bonds. The van der Waals surface area contributed by atoms with Crippen LogP contribution in [0.15, 0.2) is 97.5 Å². The Balaban J connectivity index is 0.00000432. The molecule has 3 heterocycles. The van der Waals surface area contributed by atoms with Crippen LogP contribution in [0, 0.1) is 36.7 Å². The van der Waals surface area contributed by atoms with Gasteiger partial charge in [-0.25, -0.2) is 9.37 Å². The summed E-state index contributed by atoms with van der Waals surface area (Å²) < 4.78 is 24.4. The van der Waals surface area contributed by atoms with Crippen molar-refractivity contribution in [1.82, 2.24) is 19.3 Å². The summed E-state index contributed by atoms with van der Waals surface area (Å²) in [6, 6.07) is 32.1. The monoisotopic (exact) mass is 843 g/mol. The molecule has 0 N–H and O–H groups in total. The van der Waals surface area contributed by atoms with Crippen LogP contribution in [-0.2, 0) is 33.9 Å². The van der Waals surface area contributed by atoms with Crippen molar-refractivity contribution >= 4 is 21.8 Å².